The van der Waals surface area contributed by atoms with Crippen LogP contribution in [0, 0.1) is 0 Å². The van der Waals surface area contributed by atoms with Crippen LogP contribution in [0.2, 0.25) is 0 Å². The van der Waals surface area contributed by atoms with Gasteiger partial charge in [-0.15, -0.1) is 0 Å². The highest BCUT2D eigenvalue weighted by atomic mass is 16.5. The summed E-state index contributed by atoms with van der Waals surface area (Å²) in [5, 5.41) is 9.47. The summed E-state index contributed by atoms with van der Waals surface area (Å²) in [5.74, 6) is 3.29. The Morgan fingerprint density at radius 3 is 1.29 bits per heavy atom. The Hall–Kier alpha value is -9.12. The van der Waals surface area contributed by atoms with Gasteiger partial charge in [0, 0.05) is 11.4 Å². The summed E-state index contributed by atoms with van der Waals surface area (Å²) in [6.45, 7) is 0. The molecule has 0 amide bonds. The van der Waals surface area contributed by atoms with E-state index in [-0.39, 0.29) is 0 Å². The molecule has 0 atom stereocenters. The molecule has 0 bridgehead atoms. The number of hydrogen-bond donors (Lipinski definition) is 0. The van der Waals surface area contributed by atoms with Crippen LogP contribution in [-0.4, -0.2) is 0 Å². The van der Waals surface area contributed by atoms with Crippen molar-refractivity contribution in [2.75, 3.05) is 9.80 Å². The van der Waals surface area contributed by atoms with E-state index in [9.17, 15) is 0 Å². The molecule has 2 aliphatic heterocycles. The highest BCUT2D eigenvalue weighted by Gasteiger charge is 2.29. The van der Waals surface area contributed by atoms with Gasteiger partial charge in [0.2, 0.25) is 0 Å². The second kappa shape index (κ2) is 15.2. The van der Waals surface area contributed by atoms with Gasteiger partial charge in [-0.05, 0) is 155 Å². The van der Waals surface area contributed by atoms with Gasteiger partial charge < -0.3 is 19.3 Å². The van der Waals surface area contributed by atoms with Crippen molar-refractivity contribution in [1.82, 2.24) is 0 Å². The van der Waals surface area contributed by atoms with Gasteiger partial charge in [-0.25, -0.2) is 0 Å². The standard InChI is InChI=1S/C64H40N2O2/c1-2-18-43-38-44(33-32-41(43)16-1)63-51-36-34-46(66-57-26-9-13-30-61(57)68-62-31-14-10-27-58(62)66)40-54(51)64(50-22-6-5-21-49(50)48-23-15-19-42-17-3-4-20-47(42)48)52-37-35-45(39-53(52)63)65-55-24-7-11-28-59(55)67-60-29-12-8-25-56(60)65/h1-40H. The van der Waals surface area contributed by atoms with Gasteiger partial charge in [-0.3, -0.25) is 0 Å². The Kier molecular flexibility index (Phi) is 8.55. The molecule has 2 aliphatic rings. The van der Waals surface area contributed by atoms with Crippen molar-refractivity contribution in [3.8, 4) is 56.4 Å². The molecule has 0 unspecified atom stereocenters. The molecule has 0 saturated heterocycles. The smallest absolute Gasteiger partial charge is 0.151 e. The lowest BCUT2D eigenvalue weighted by molar-refractivity contribution is 0.477. The number of nitrogens with zero attached hydrogens (tertiary/aromatic N) is 2. The first-order valence-corrected chi connectivity index (χ1v) is 23.2. The van der Waals surface area contributed by atoms with Crippen LogP contribution in [0.1, 0.15) is 0 Å². The third-order valence-corrected chi connectivity index (χ3v) is 13.8. The third kappa shape index (κ3) is 5.94. The largest absolute Gasteiger partial charge is 0.453 e. The molecule has 0 radical (unpaired) electrons. The Morgan fingerprint density at radius 2 is 0.691 bits per heavy atom. The molecule has 0 spiro atoms. The van der Waals surface area contributed by atoms with E-state index in [0.717, 1.165) is 84.2 Å². The molecule has 0 N–H and O–H groups in total. The fraction of sp³-hybridized carbons (Fsp3) is 0. The summed E-state index contributed by atoms with van der Waals surface area (Å²) in [5.41, 5.74) is 13.1. The van der Waals surface area contributed by atoms with Gasteiger partial charge in [0.05, 0.1) is 22.7 Å². The fourth-order valence-electron chi connectivity index (χ4n) is 10.8. The van der Waals surface area contributed by atoms with Gasteiger partial charge in [0.1, 0.15) is 0 Å². The average Bonchev–Trinajstić information content (AvgIpc) is 3.40. The Morgan fingerprint density at radius 1 is 0.250 bits per heavy atom. The minimum absolute atomic E-state index is 0.821. The second-order valence-electron chi connectivity index (χ2n) is 17.6. The molecule has 0 saturated carbocycles. The van der Waals surface area contributed by atoms with E-state index >= 15 is 0 Å². The van der Waals surface area contributed by atoms with Crippen LogP contribution in [-0.2, 0) is 0 Å². The number of para-hydroxylation sites is 8. The quantitative estimate of drug-likeness (QED) is 0.161. The summed E-state index contributed by atoms with van der Waals surface area (Å²) in [7, 11) is 0. The molecular formula is C64H40N2O2. The van der Waals surface area contributed by atoms with Crippen LogP contribution in [0.25, 0.3) is 76.5 Å². The number of fused-ring (bicyclic) bond motifs is 8. The SMILES string of the molecule is c1ccc2c(c1)Oc1ccccc1N2c1ccc2c(-c3ccccc3-c3cccc4ccccc34)c3cc(N4c5ccccc5Oc5ccccc54)ccc3c(-c3ccc4ccccc4c3)c2c1. The first-order chi connectivity index (χ1) is 33.7. The van der Waals surface area contributed by atoms with Crippen molar-refractivity contribution in [3.05, 3.63) is 243 Å². The molecule has 68 heavy (non-hydrogen) atoms. The Labute approximate surface area is 393 Å². The van der Waals surface area contributed by atoms with Crippen LogP contribution < -0.4 is 19.3 Å². The van der Waals surface area contributed by atoms with E-state index in [1.165, 1.54) is 49.4 Å². The lowest BCUT2D eigenvalue weighted by Gasteiger charge is -2.33. The van der Waals surface area contributed by atoms with Gasteiger partial charge in [0.15, 0.2) is 23.0 Å². The van der Waals surface area contributed by atoms with Crippen LogP contribution in [0.15, 0.2) is 243 Å². The van der Waals surface area contributed by atoms with Gasteiger partial charge in [-0.2, -0.15) is 0 Å². The van der Waals surface area contributed by atoms with E-state index < -0.39 is 0 Å². The van der Waals surface area contributed by atoms with E-state index in [2.05, 4.69) is 228 Å². The summed E-state index contributed by atoms with van der Waals surface area (Å²) in [4.78, 5) is 4.70. The maximum atomic E-state index is 6.53. The van der Waals surface area contributed by atoms with Gasteiger partial charge in [-0.1, -0.05) is 164 Å². The van der Waals surface area contributed by atoms with Gasteiger partial charge >= 0.3 is 0 Å². The predicted molar refractivity (Wildman–Crippen MR) is 282 cm³/mol. The van der Waals surface area contributed by atoms with E-state index in [4.69, 9.17) is 9.47 Å². The molecule has 14 rings (SSSR count). The molecular weight excluding hydrogens is 829 g/mol. The van der Waals surface area contributed by atoms with Crippen LogP contribution >= 0.6 is 0 Å². The molecule has 12 aromatic rings. The van der Waals surface area contributed by atoms with Crippen LogP contribution in [0.4, 0.5) is 34.1 Å². The maximum Gasteiger partial charge on any atom is 0.151 e. The van der Waals surface area contributed by atoms with Crippen molar-refractivity contribution < 1.29 is 9.47 Å². The van der Waals surface area contributed by atoms with Crippen molar-refractivity contribution in [3.63, 3.8) is 0 Å². The highest BCUT2D eigenvalue weighted by molar-refractivity contribution is 6.24. The van der Waals surface area contributed by atoms with Gasteiger partial charge in [0.25, 0.3) is 0 Å². The highest BCUT2D eigenvalue weighted by Crippen LogP contribution is 2.55. The van der Waals surface area contributed by atoms with Crippen molar-refractivity contribution >= 4 is 77.2 Å². The minimum Gasteiger partial charge on any atom is -0.453 e. The number of anilines is 6. The van der Waals surface area contributed by atoms with E-state index in [0.29, 0.717) is 0 Å². The fourth-order valence-corrected chi connectivity index (χ4v) is 10.8. The molecule has 4 heteroatoms. The van der Waals surface area contributed by atoms with Crippen molar-refractivity contribution in [2.24, 2.45) is 0 Å². The van der Waals surface area contributed by atoms with Crippen LogP contribution in [0.3, 0.4) is 0 Å². The lowest BCUT2D eigenvalue weighted by Crippen LogP contribution is -2.16. The molecule has 0 fully saturated rings. The van der Waals surface area contributed by atoms with E-state index in [1.54, 1.807) is 0 Å². The molecule has 0 aromatic heterocycles. The zero-order valence-electron chi connectivity index (χ0n) is 36.8. The van der Waals surface area contributed by atoms with E-state index in [1.807, 2.05) is 24.3 Å². The van der Waals surface area contributed by atoms with Crippen molar-refractivity contribution in [1.29, 1.82) is 0 Å². The second-order valence-corrected chi connectivity index (χ2v) is 17.6. The predicted octanol–water partition coefficient (Wildman–Crippen LogP) is 18.5. The Bertz CT molecular complexity index is 3930. The van der Waals surface area contributed by atoms with Crippen molar-refractivity contribution in [2.45, 2.75) is 0 Å². The molecule has 2 heterocycles. The zero-order valence-corrected chi connectivity index (χ0v) is 36.8. The summed E-state index contributed by atoms with van der Waals surface area (Å²) in [6.07, 6.45) is 0. The first kappa shape index (κ1) is 38.2. The third-order valence-electron chi connectivity index (χ3n) is 13.8. The number of benzene rings is 12. The summed E-state index contributed by atoms with van der Waals surface area (Å²) < 4.78 is 13.1. The zero-order chi connectivity index (χ0) is 44.7. The number of ether oxygens (including phenoxy) is 2. The lowest BCUT2D eigenvalue weighted by atomic mass is 9.82. The monoisotopic (exact) mass is 868 g/mol. The minimum atomic E-state index is 0.821. The Balaban J connectivity index is 1.12. The number of rotatable bonds is 5. The number of hydrogen-bond acceptors (Lipinski definition) is 4. The molecule has 4 nitrogen and oxygen atoms in total. The normalized spacial score (nSPS) is 12.6. The first-order valence-electron chi connectivity index (χ1n) is 23.2. The molecule has 12 aromatic carbocycles. The molecule has 0 aliphatic carbocycles. The van der Waals surface area contributed by atoms with Crippen LogP contribution in [0.5, 0.6) is 23.0 Å². The average molecular weight is 869 g/mol. The topological polar surface area (TPSA) is 24.9 Å². The summed E-state index contributed by atoms with van der Waals surface area (Å²) >= 11 is 0. The molecule has 318 valence electrons. The maximum absolute atomic E-state index is 6.53. The summed E-state index contributed by atoms with van der Waals surface area (Å²) in [6, 6.07) is 87.4.